The highest BCUT2D eigenvalue weighted by atomic mass is 19.4. The zero-order valence-electron chi connectivity index (χ0n) is 22.2. The summed E-state index contributed by atoms with van der Waals surface area (Å²) in [7, 11) is 0. The summed E-state index contributed by atoms with van der Waals surface area (Å²) in [5.74, 6) is -7.13. The summed E-state index contributed by atoms with van der Waals surface area (Å²) in [6.45, 7) is 5.90. The number of hydrogen-bond donors (Lipinski definition) is 3. The maximum atomic E-state index is 10.6. The van der Waals surface area contributed by atoms with E-state index in [1.54, 1.807) is 0 Å². The third-order valence-electron chi connectivity index (χ3n) is 5.22. The van der Waals surface area contributed by atoms with Gasteiger partial charge in [0.15, 0.2) is 0 Å². The Morgan fingerprint density at radius 1 is 0.818 bits per heavy atom. The molecule has 3 aromatic rings. The van der Waals surface area contributed by atoms with E-state index in [0.29, 0.717) is 6.04 Å². The second-order valence-corrected chi connectivity index (χ2v) is 8.38. The van der Waals surface area contributed by atoms with Gasteiger partial charge in [-0.3, -0.25) is 14.6 Å². The number of pyridine rings is 1. The van der Waals surface area contributed by atoms with Gasteiger partial charge in [0.25, 0.3) is 0 Å². The van der Waals surface area contributed by atoms with Gasteiger partial charge in [-0.1, -0.05) is 6.07 Å². The number of fused-ring (bicyclic) bond motifs is 1. The monoisotopic (exact) mass is 650 g/mol. The van der Waals surface area contributed by atoms with Crippen molar-refractivity contribution in [1.29, 1.82) is 0 Å². The lowest BCUT2D eigenvalue weighted by Crippen LogP contribution is -2.37. The van der Waals surface area contributed by atoms with Crippen LogP contribution in [0.25, 0.3) is 0 Å². The molecule has 4 rings (SSSR count). The van der Waals surface area contributed by atoms with Gasteiger partial charge in [-0.15, -0.1) is 0 Å². The SMILES string of the molecule is CC1c2ncc(Cn3cccn3)n2CCN1Cc1cccnc1.O=C(O)C(F)(F)F.O=C(O)C(F)(F)F.O=C(O)C(F)(F)F. The van der Waals surface area contributed by atoms with E-state index in [1.807, 2.05) is 47.8 Å². The Morgan fingerprint density at radius 2 is 1.34 bits per heavy atom. The van der Waals surface area contributed by atoms with Crippen molar-refractivity contribution < 1.29 is 69.2 Å². The molecule has 1 aliphatic heterocycles. The number of imidazole rings is 1. The van der Waals surface area contributed by atoms with Gasteiger partial charge in [0, 0.05) is 44.4 Å². The third-order valence-corrected chi connectivity index (χ3v) is 5.22. The topological polar surface area (TPSA) is 164 Å². The van der Waals surface area contributed by atoms with Gasteiger partial charge < -0.3 is 19.9 Å². The van der Waals surface area contributed by atoms with Gasteiger partial charge in [0.05, 0.1) is 24.5 Å². The predicted molar refractivity (Wildman–Crippen MR) is 128 cm³/mol. The number of carbonyl (C=O) groups is 3. The third kappa shape index (κ3) is 12.7. The minimum atomic E-state index is -5.08. The molecular formula is C23H23F9N6O6. The van der Waals surface area contributed by atoms with Gasteiger partial charge in [-0.2, -0.15) is 44.6 Å². The number of hydrogen-bond acceptors (Lipinski definition) is 7. The van der Waals surface area contributed by atoms with Crippen LogP contribution in [0.1, 0.15) is 30.0 Å². The Kier molecular flexibility index (Phi) is 13.3. The maximum absolute atomic E-state index is 10.6. The summed E-state index contributed by atoms with van der Waals surface area (Å²) in [6, 6.07) is 6.37. The standard InChI is InChI=1S/C17H20N6.3C2HF3O2/c1-14-17-19-11-16(13-22-7-3-6-20-22)23(17)9-8-21(14)12-15-4-2-5-18-10-15;3*3-2(4,5)1(6)7/h2-7,10-11,14H,8-9,12-13H2,1H3;3*(H,6,7). The van der Waals surface area contributed by atoms with Crippen LogP contribution in [-0.4, -0.2) is 87.5 Å². The molecule has 3 aromatic heterocycles. The van der Waals surface area contributed by atoms with Crippen LogP contribution in [0, 0.1) is 0 Å². The van der Waals surface area contributed by atoms with Crippen LogP contribution in [0.15, 0.2) is 49.2 Å². The van der Waals surface area contributed by atoms with E-state index in [2.05, 4.69) is 37.5 Å². The molecule has 0 aromatic carbocycles. The van der Waals surface area contributed by atoms with Gasteiger partial charge in [0.2, 0.25) is 0 Å². The van der Waals surface area contributed by atoms with E-state index in [9.17, 15) is 39.5 Å². The number of nitrogens with zero attached hydrogens (tertiary/aromatic N) is 6. The normalized spacial score (nSPS) is 14.8. The molecule has 12 nitrogen and oxygen atoms in total. The first-order valence-electron chi connectivity index (χ1n) is 11.7. The van der Waals surface area contributed by atoms with Crippen molar-refractivity contribution in [3.05, 3.63) is 66.3 Å². The predicted octanol–water partition coefficient (Wildman–Crippen LogP) is 4.00. The molecule has 3 N–H and O–H groups in total. The fourth-order valence-electron chi connectivity index (χ4n) is 3.23. The smallest absolute Gasteiger partial charge is 0.475 e. The first kappa shape index (κ1) is 37.3. The van der Waals surface area contributed by atoms with E-state index in [-0.39, 0.29) is 0 Å². The number of aromatic nitrogens is 5. The van der Waals surface area contributed by atoms with Gasteiger partial charge in [-0.05, 0) is 24.6 Å². The molecule has 0 amide bonds. The molecule has 0 aliphatic carbocycles. The molecule has 0 saturated carbocycles. The van der Waals surface area contributed by atoms with Crippen LogP contribution in [0.2, 0.25) is 0 Å². The molecule has 1 unspecified atom stereocenters. The van der Waals surface area contributed by atoms with Gasteiger partial charge in [0.1, 0.15) is 5.82 Å². The van der Waals surface area contributed by atoms with E-state index >= 15 is 0 Å². The fourth-order valence-corrected chi connectivity index (χ4v) is 3.23. The number of carboxylic acids is 3. The van der Waals surface area contributed by atoms with Crippen molar-refractivity contribution in [2.45, 2.75) is 51.1 Å². The van der Waals surface area contributed by atoms with E-state index in [1.165, 1.54) is 11.3 Å². The van der Waals surface area contributed by atoms with Crippen LogP contribution < -0.4 is 0 Å². The highest BCUT2D eigenvalue weighted by Crippen LogP contribution is 2.27. The zero-order valence-corrected chi connectivity index (χ0v) is 22.2. The molecule has 1 atom stereocenters. The quantitative estimate of drug-likeness (QED) is 0.352. The molecule has 4 heterocycles. The number of rotatable bonds is 4. The highest BCUT2D eigenvalue weighted by Gasteiger charge is 2.39. The summed E-state index contributed by atoms with van der Waals surface area (Å²) >= 11 is 0. The van der Waals surface area contributed by atoms with Gasteiger partial charge >= 0.3 is 36.4 Å². The first-order chi connectivity index (χ1) is 20.1. The van der Waals surface area contributed by atoms with Crippen LogP contribution in [0.3, 0.4) is 0 Å². The lowest BCUT2D eigenvalue weighted by atomic mass is 10.1. The zero-order chi connectivity index (χ0) is 33.9. The van der Waals surface area contributed by atoms with Crippen LogP contribution in [0.4, 0.5) is 39.5 Å². The first-order valence-corrected chi connectivity index (χ1v) is 11.7. The number of carboxylic acid groups (broad SMARTS) is 3. The second-order valence-electron chi connectivity index (χ2n) is 8.38. The molecule has 21 heteroatoms. The van der Waals surface area contributed by atoms with Crippen molar-refractivity contribution in [1.82, 2.24) is 29.2 Å². The van der Waals surface area contributed by atoms with E-state index < -0.39 is 36.4 Å². The Bertz CT molecular complexity index is 1290. The van der Waals surface area contributed by atoms with E-state index in [4.69, 9.17) is 29.7 Å². The molecule has 0 radical (unpaired) electrons. The molecule has 1 aliphatic rings. The average molecular weight is 650 g/mol. The number of alkyl halides is 9. The Balaban J connectivity index is 0.000000379. The van der Waals surface area contributed by atoms with Crippen molar-refractivity contribution in [2.24, 2.45) is 0 Å². The molecule has 244 valence electrons. The molecular weight excluding hydrogens is 627 g/mol. The highest BCUT2D eigenvalue weighted by molar-refractivity contribution is 5.73. The lowest BCUT2D eigenvalue weighted by molar-refractivity contribution is -0.193. The van der Waals surface area contributed by atoms with Gasteiger partial charge in [-0.25, -0.2) is 19.4 Å². The molecule has 0 saturated heterocycles. The largest absolute Gasteiger partial charge is 0.490 e. The second kappa shape index (κ2) is 15.7. The maximum Gasteiger partial charge on any atom is 0.490 e. The van der Waals surface area contributed by atoms with Crippen LogP contribution in [-0.2, 0) is 34.0 Å². The molecule has 0 spiro atoms. The molecule has 0 fully saturated rings. The summed E-state index contributed by atoms with van der Waals surface area (Å²) in [6.07, 6.45) is -5.71. The van der Waals surface area contributed by atoms with Crippen molar-refractivity contribution in [2.75, 3.05) is 6.54 Å². The molecule has 0 bridgehead atoms. The fraction of sp³-hybridized carbons (Fsp3) is 0.391. The molecule has 44 heavy (non-hydrogen) atoms. The Morgan fingerprint density at radius 3 is 1.75 bits per heavy atom. The summed E-state index contributed by atoms with van der Waals surface area (Å²) < 4.78 is 99.5. The summed E-state index contributed by atoms with van der Waals surface area (Å²) in [5, 5.41) is 25.7. The van der Waals surface area contributed by atoms with Crippen molar-refractivity contribution in [3.8, 4) is 0 Å². The van der Waals surface area contributed by atoms with Crippen LogP contribution >= 0.6 is 0 Å². The average Bonchev–Trinajstić information content (AvgIpc) is 3.57. The Labute approximate surface area is 241 Å². The number of aliphatic carboxylic acids is 3. The summed E-state index contributed by atoms with van der Waals surface area (Å²) in [5.41, 5.74) is 2.47. The van der Waals surface area contributed by atoms with E-state index in [0.717, 1.165) is 32.0 Å². The van der Waals surface area contributed by atoms with Crippen LogP contribution in [0.5, 0.6) is 0 Å². The minimum Gasteiger partial charge on any atom is -0.475 e. The Hall–Kier alpha value is -4.69. The van der Waals surface area contributed by atoms with Crippen molar-refractivity contribution >= 4 is 17.9 Å². The minimum absolute atomic E-state index is 0.301. The number of halogens is 9. The summed E-state index contributed by atoms with van der Waals surface area (Å²) in [4.78, 5) is 38.0. The lowest BCUT2D eigenvalue weighted by Gasteiger charge is -2.34. The van der Waals surface area contributed by atoms with Crippen molar-refractivity contribution in [3.63, 3.8) is 0 Å².